The van der Waals surface area contributed by atoms with Crippen molar-refractivity contribution in [1.82, 2.24) is 14.8 Å². The Hall–Kier alpha value is -2.54. The molecule has 0 aliphatic heterocycles. The maximum absolute atomic E-state index is 11.7. The van der Waals surface area contributed by atoms with Gasteiger partial charge >= 0.3 is 5.97 Å². The Kier molecular flexibility index (Phi) is 4.71. The van der Waals surface area contributed by atoms with Crippen LogP contribution in [0.15, 0.2) is 46.2 Å². The van der Waals surface area contributed by atoms with Crippen LogP contribution in [-0.2, 0) is 10.5 Å². The lowest BCUT2D eigenvalue weighted by molar-refractivity contribution is 0.0564. The molecule has 0 N–H and O–H groups in total. The van der Waals surface area contributed by atoms with E-state index in [1.807, 2.05) is 30.5 Å². The molecule has 24 heavy (non-hydrogen) atoms. The molecular weight excluding hydrogens is 326 g/mol. The van der Waals surface area contributed by atoms with Gasteiger partial charge in [0, 0.05) is 17.0 Å². The highest BCUT2D eigenvalue weighted by molar-refractivity contribution is 7.98. The topological polar surface area (TPSA) is 70.2 Å². The molecule has 0 fully saturated rings. The monoisotopic (exact) mass is 343 g/mol. The lowest BCUT2D eigenvalue weighted by Crippen LogP contribution is -2.03. The smallest absolute Gasteiger partial charge is 0.374 e. The molecule has 0 unspecified atom stereocenters. The average Bonchev–Trinajstić information content (AvgIpc) is 3.20. The van der Waals surface area contributed by atoms with Crippen LogP contribution in [0.3, 0.4) is 0 Å². The van der Waals surface area contributed by atoms with Crippen molar-refractivity contribution in [2.24, 2.45) is 0 Å². The highest BCUT2D eigenvalue weighted by atomic mass is 32.2. The summed E-state index contributed by atoms with van der Waals surface area (Å²) in [6.07, 6.45) is 1.48. The molecule has 2 heterocycles. The third-order valence-corrected chi connectivity index (χ3v) is 4.54. The number of rotatable bonds is 5. The lowest BCUT2D eigenvalue weighted by atomic mass is 10.2. The first-order chi connectivity index (χ1) is 11.6. The zero-order valence-electron chi connectivity index (χ0n) is 13.6. The number of ether oxygens (including phenoxy) is 1. The van der Waals surface area contributed by atoms with Crippen LogP contribution in [0.2, 0.25) is 0 Å². The summed E-state index contributed by atoms with van der Waals surface area (Å²) in [7, 11) is 1.33. The third kappa shape index (κ3) is 3.21. The molecule has 0 amide bonds. The number of methoxy groups -OCH3 is 1. The summed E-state index contributed by atoms with van der Waals surface area (Å²) in [4.78, 5) is 11.7. The largest absolute Gasteiger partial charge is 0.463 e. The minimum atomic E-state index is -0.480. The second-order valence-electron chi connectivity index (χ2n) is 5.26. The molecule has 0 saturated heterocycles. The number of nitrogens with zero attached hydrogens (tertiary/aromatic N) is 3. The van der Waals surface area contributed by atoms with Crippen molar-refractivity contribution < 1.29 is 13.9 Å². The molecule has 3 rings (SSSR count). The minimum absolute atomic E-state index is 0.225. The van der Waals surface area contributed by atoms with Gasteiger partial charge in [0.1, 0.15) is 5.82 Å². The van der Waals surface area contributed by atoms with Crippen molar-refractivity contribution in [2.75, 3.05) is 7.11 Å². The molecule has 2 aromatic heterocycles. The molecule has 0 spiro atoms. The van der Waals surface area contributed by atoms with Crippen LogP contribution in [0.5, 0.6) is 0 Å². The zero-order valence-corrected chi connectivity index (χ0v) is 14.5. The van der Waals surface area contributed by atoms with E-state index < -0.39 is 5.97 Å². The Balaban J connectivity index is 1.83. The number of aryl methyl sites for hydroxylation is 2. The molecule has 124 valence electrons. The van der Waals surface area contributed by atoms with Gasteiger partial charge < -0.3 is 9.15 Å². The maximum atomic E-state index is 11.7. The first-order valence-corrected chi connectivity index (χ1v) is 8.35. The SMILES string of the molecule is COC(=O)c1occc1CSc1nnc(C)n1-c1ccc(C)cc1. The molecule has 6 nitrogen and oxygen atoms in total. The van der Waals surface area contributed by atoms with Gasteiger partial charge in [-0.15, -0.1) is 10.2 Å². The molecule has 0 bridgehead atoms. The van der Waals surface area contributed by atoms with Crippen molar-refractivity contribution in [2.45, 2.75) is 24.8 Å². The Bertz CT molecular complexity index is 852. The van der Waals surface area contributed by atoms with Crippen LogP contribution in [0.1, 0.15) is 27.5 Å². The Labute approximate surface area is 143 Å². The van der Waals surface area contributed by atoms with Crippen LogP contribution >= 0.6 is 11.8 Å². The molecule has 0 atom stereocenters. The van der Waals surface area contributed by atoms with Crippen molar-refractivity contribution in [3.63, 3.8) is 0 Å². The second kappa shape index (κ2) is 6.92. The van der Waals surface area contributed by atoms with Crippen LogP contribution in [0.4, 0.5) is 0 Å². The molecule has 0 radical (unpaired) electrons. The maximum Gasteiger partial charge on any atom is 0.374 e. The van der Waals surface area contributed by atoms with Gasteiger partial charge in [0.25, 0.3) is 0 Å². The number of benzene rings is 1. The zero-order chi connectivity index (χ0) is 17.1. The van der Waals surface area contributed by atoms with E-state index in [9.17, 15) is 4.79 Å². The summed E-state index contributed by atoms with van der Waals surface area (Å²) in [5.41, 5.74) is 2.97. The standard InChI is InChI=1S/C17H17N3O3S/c1-11-4-6-14(7-5-11)20-12(2)18-19-17(20)24-10-13-8-9-23-15(13)16(21)22-3/h4-9H,10H2,1-3H3. The van der Waals surface area contributed by atoms with Gasteiger partial charge in [-0.25, -0.2) is 4.79 Å². The van der Waals surface area contributed by atoms with Gasteiger partial charge in [0.2, 0.25) is 5.76 Å². The predicted octanol–water partition coefficient (Wildman–Crippen LogP) is 3.56. The second-order valence-corrected chi connectivity index (χ2v) is 6.20. The summed E-state index contributed by atoms with van der Waals surface area (Å²) in [5, 5.41) is 9.16. The Morgan fingerprint density at radius 3 is 2.67 bits per heavy atom. The fourth-order valence-corrected chi connectivity index (χ4v) is 3.27. The van der Waals surface area contributed by atoms with Gasteiger partial charge in [-0.1, -0.05) is 29.5 Å². The lowest BCUT2D eigenvalue weighted by Gasteiger charge is -2.08. The van der Waals surface area contributed by atoms with Crippen LogP contribution in [-0.4, -0.2) is 27.8 Å². The number of esters is 1. The highest BCUT2D eigenvalue weighted by Gasteiger charge is 2.18. The summed E-state index contributed by atoms with van der Waals surface area (Å²) in [5.74, 6) is 1.09. The van der Waals surface area contributed by atoms with E-state index in [0.717, 1.165) is 22.2 Å². The molecule has 0 aliphatic rings. The molecule has 7 heteroatoms. The fraction of sp³-hybridized carbons (Fsp3) is 0.235. The summed E-state index contributed by atoms with van der Waals surface area (Å²) < 4.78 is 11.9. The third-order valence-electron chi connectivity index (χ3n) is 3.56. The minimum Gasteiger partial charge on any atom is -0.463 e. The first kappa shape index (κ1) is 16.3. The molecule has 0 aliphatic carbocycles. The normalized spacial score (nSPS) is 10.8. The van der Waals surface area contributed by atoms with Gasteiger partial charge in [-0.05, 0) is 32.0 Å². The molecule has 1 aromatic carbocycles. The van der Waals surface area contributed by atoms with Gasteiger partial charge in [0.15, 0.2) is 5.16 Å². The number of thioether (sulfide) groups is 1. The van der Waals surface area contributed by atoms with Gasteiger partial charge in [0.05, 0.1) is 13.4 Å². The van der Waals surface area contributed by atoms with E-state index >= 15 is 0 Å². The van der Waals surface area contributed by atoms with E-state index in [1.165, 1.54) is 30.7 Å². The number of carbonyl (C=O) groups excluding carboxylic acids is 1. The van der Waals surface area contributed by atoms with E-state index in [-0.39, 0.29) is 5.76 Å². The van der Waals surface area contributed by atoms with E-state index in [0.29, 0.717) is 5.75 Å². The van der Waals surface area contributed by atoms with Crippen molar-refractivity contribution in [3.8, 4) is 5.69 Å². The number of hydrogen-bond donors (Lipinski definition) is 0. The highest BCUT2D eigenvalue weighted by Crippen LogP contribution is 2.27. The average molecular weight is 343 g/mol. The number of furan rings is 1. The first-order valence-electron chi connectivity index (χ1n) is 7.36. The molecular formula is C17H17N3O3S. The summed E-state index contributed by atoms with van der Waals surface area (Å²) in [6.45, 7) is 3.96. The Morgan fingerprint density at radius 2 is 1.96 bits per heavy atom. The van der Waals surface area contributed by atoms with Crippen molar-refractivity contribution in [1.29, 1.82) is 0 Å². The van der Waals surface area contributed by atoms with Gasteiger partial charge in [-0.2, -0.15) is 0 Å². The molecule has 3 aromatic rings. The van der Waals surface area contributed by atoms with Crippen molar-refractivity contribution in [3.05, 3.63) is 59.3 Å². The van der Waals surface area contributed by atoms with Crippen LogP contribution < -0.4 is 0 Å². The van der Waals surface area contributed by atoms with Crippen LogP contribution in [0.25, 0.3) is 5.69 Å². The van der Waals surface area contributed by atoms with E-state index in [2.05, 4.69) is 22.3 Å². The van der Waals surface area contributed by atoms with Gasteiger partial charge in [-0.3, -0.25) is 4.57 Å². The van der Waals surface area contributed by atoms with E-state index in [1.54, 1.807) is 6.07 Å². The number of hydrogen-bond acceptors (Lipinski definition) is 6. The summed E-state index contributed by atoms with van der Waals surface area (Å²) in [6, 6.07) is 9.93. The number of aromatic nitrogens is 3. The van der Waals surface area contributed by atoms with Crippen LogP contribution in [0, 0.1) is 13.8 Å². The van der Waals surface area contributed by atoms with Crippen molar-refractivity contribution >= 4 is 17.7 Å². The quantitative estimate of drug-likeness (QED) is 0.521. The Morgan fingerprint density at radius 1 is 1.21 bits per heavy atom. The summed E-state index contributed by atoms with van der Waals surface area (Å²) >= 11 is 1.49. The number of carbonyl (C=O) groups is 1. The molecule has 0 saturated carbocycles. The predicted molar refractivity (Wildman–Crippen MR) is 90.4 cm³/mol. The fourth-order valence-electron chi connectivity index (χ4n) is 2.29. The van der Waals surface area contributed by atoms with E-state index in [4.69, 9.17) is 9.15 Å².